The van der Waals surface area contributed by atoms with Gasteiger partial charge in [-0.3, -0.25) is 0 Å². The molecule has 3 rings (SSSR count). The lowest BCUT2D eigenvalue weighted by Crippen LogP contribution is -2.37. The van der Waals surface area contributed by atoms with Crippen molar-refractivity contribution in [2.45, 2.75) is 13.8 Å². The Bertz CT molecular complexity index is 666. The van der Waals surface area contributed by atoms with E-state index in [1.165, 1.54) is 0 Å². The number of ether oxygens (including phenoxy) is 1. The molecule has 21 heavy (non-hydrogen) atoms. The van der Waals surface area contributed by atoms with E-state index in [1.807, 2.05) is 18.7 Å². The first-order valence-corrected chi connectivity index (χ1v) is 7.00. The Balaban J connectivity index is 2.02. The average Bonchev–Trinajstić information content (AvgIpc) is 2.75. The van der Waals surface area contributed by atoms with Gasteiger partial charge in [0.15, 0.2) is 0 Å². The van der Waals surface area contributed by atoms with Crippen molar-refractivity contribution in [1.82, 2.24) is 24.7 Å². The Morgan fingerprint density at radius 1 is 1.10 bits per heavy atom. The molecule has 1 saturated heterocycles. The fourth-order valence-corrected chi connectivity index (χ4v) is 2.31. The molecule has 0 bridgehead atoms. The SMILES string of the molecule is Cc1nn(-c2nc(N)nc(N3CCOCC3)n2)c(C)c1Cl. The number of rotatable bonds is 2. The molecular weight excluding hydrogens is 294 g/mol. The van der Waals surface area contributed by atoms with Crippen molar-refractivity contribution < 1.29 is 4.74 Å². The van der Waals surface area contributed by atoms with Crippen LogP contribution in [0.2, 0.25) is 5.02 Å². The van der Waals surface area contributed by atoms with Gasteiger partial charge >= 0.3 is 0 Å². The minimum atomic E-state index is 0.158. The van der Waals surface area contributed by atoms with E-state index in [-0.39, 0.29) is 5.95 Å². The summed E-state index contributed by atoms with van der Waals surface area (Å²) in [5.41, 5.74) is 7.30. The summed E-state index contributed by atoms with van der Waals surface area (Å²) in [6.07, 6.45) is 0. The van der Waals surface area contributed by atoms with Crippen LogP contribution in [0.4, 0.5) is 11.9 Å². The van der Waals surface area contributed by atoms with Crippen LogP contribution in [0, 0.1) is 13.8 Å². The van der Waals surface area contributed by atoms with Crippen molar-refractivity contribution >= 4 is 23.5 Å². The number of anilines is 2. The zero-order chi connectivity index (χ0) is 15.0. The largest absolute Gasteiger partial charge is 0.378 e. The molecule has 2 N–H and O–H groups in total. The molecular formula is C12H16ClN7O. The Labute approximate surface area is 126 Å². The number of nitrogen functional groups attached to an aromatic ring is 1. The van der Waals surface area contributed by atoms with E-state index in [0.29, 0.717) is 30.1 Å². The smallest absolute Gasteiger partial charge is 0.257 e. The van der Waals surface area contributed by atoms with Gasteiger partial charge in [0.25, 0.3) is 5.95 Å². The average molecular weight is 310 g/mol. The molecule has 1 aliphatic heterocycles. The quantitative estimate of drug-likeness (QED) is 0.874. The van der Waals surface area contributed by atoms with Crippen molar-refractivity contribution in [3.8, 4) is 5.95 Å². The molecule has 9 heteroatoms. The number of hydrogen-bond acceptors (Lipinski definition) is 7. The van der Waals surface area contributed by atoms with Gasteiger partial charge in [-0.15, -0.1) is 0 Å². The molecule has 0 atom stereocenters. The molecule has 0 amide bonds. The van der Waals surface area contributed by atoms with Gasteiger partial charge in [0.05, 0.1) is 29.6 Å². The molecule has 0 spiro atoms. The number of morpholine rings is 1. The van der Waals surface area contributed by atoms with E-state index in [9.17, 15) is 0 Å². The molecule has 0 aliphatic carbocycles. The Morgan fingerprint density at radius 3 is 2.38 bits per heavy atom. The van der Waals surface area contributed by atoms with E-state index in [0.717, 1.165) is 24.5 Å². The minimum absolute atomic E-state index is 0.158. The number of nitrogens with two attached hydrogens (primary N) is 1. The summed E-state index contributed by atoms with van der Waals surface area (Å²) < 4.78 is 6.91. The summed E-state index contributed by atoms with van der Waals surface area (Å²) in [5.74, 6) is 1.06. The Kier molecular flexibility index (Phi) is 3.64. The van der Waals surface area contributed by atoms with Crippen LogP contribution >= 0.6 is 11.6 Å². The van der Waals surface area contributed by atoms with Crippen LogP contribution in [-0.4, -0.2) is 51.0 Å². The maximum atomic E-state index is 6.16. The van der Waals surface area contributed by atoms with E-state index in [2.05, 4.69) is 20.1 Å². The number of hydrogen-bond donors (Lipinski definition) is 1. The van der Waals surface area contributed by atoms with E-state index >= 15 is 0 Å². The molecule has 3 heterocycles. The highest BCUT2D eigenvalue weighted by Crippen LogP contribution is 2.22. The Hall–Kier alpha value is -1.93. The second-order valence-corrected chi connectivity index (χ2v) is 5.17. The summed E-state index contributed by atoms with van der Waals surface area (Å²) in [6, 6.07) is 0. The van der Waals surface area contributed by atoms with Crippen molar-refractivity contribution in [2.24, 2.45) is 0 Å². The second kappa shape index (κ2) is 5.45. The fourth-order valence-electron chi connectivity index (χ4n) is 2.19. The normalized spacial score (nSPS) is 15.5. The molecule has 1 aliphatic rings. The number of nitrogens with zero attached hydrogens (tertiary/aromatic N) is 6. The summed E-state index contributed by atoms with van der Waals surface area (Å²) in [5, 5.41) is 4.94. The highest BCUT2D eigenvalue weighted by atomic mass is 35.5. The molecule has 8 nitrogen and oxygen atoms in total. The summed E-state index contributed by atoms with van der Waals surface area (Å²) in [6.45, 7) is 6.43. The predicted octanol–water partition coefficient (Wildman–Crippen LogP) is 0.746. The molecule has 112 valence electrons. The Morgan fingerprint density at radius 2 is 1.76 bits per heavy atom. The van der Waals surface area contributed by atoms with Crippen molar-refractivity contribution in [2.75, 3.05) is 36.9 Å². The third-order valence-corrected chi connectivity index (χ3v) is 3.86. The van der Waals surface area contributed by atoms with Gasteiger partial charge in [-0.1, -0.05) is 11.6 Å². The first-order chi connectivity index (χ1) is 10.1. The molecule has 1 fully saturated rings. The number of aryl methyl sites for hydroxylation is 1. The van der Waals surface area contributed by atoms with Gasteiger partial charge in [0.1, 0.15) is 0 Å². The van der Waals surface area contributed by atoms with Crippen LogP contribution in [0.1, 0.15) is 11.4 Å². The second-order valence-electron chi connectivity index (χ2n) is 4.79. The predicted molar refractivity (Wildman–Crippen MR) is 78.9 cm³/mol. The third-order valence-electron chi connectivity index (χ3n) is 3.32. The minimum Gasteiger partial charge on any atom is -0.378 e. The summed E-state index contributed by atoms with van der Waals surface area (Å²) in [4.78, 5) is 14.8. The zero-order valence-electron chi connectivity index (χ0n) is 11.9. The van der Waals surface area contributed by atoms with Crippen LogP contribution < -0.4 is 10.6 Å². The van der Waals surface area contributed by atoms with Crippen molar-refractivity contribution in [3.63, 3.8) is 0 Å². The molecule has 2 aromatic heterocycles. The zero-order valence-corrected chi connectivity index (χ0v) is 12.6. The van der Waals surface area contributed by atoms with Crippen LogP contribution in [0.15, 0.2) is 0 Å². The first kappa shape index (κ1) is 14.0. The van der Waals surface area contributed by atoms with Crippen LogP contribution in [0.5, 0.6) is 0 Å². The van der Waals surface area contributed by atoms with Crippen molar-refractivity contribution in [3.05, 3.63) is 16.4 Å². The van der Waals surface area contributed by atoms with Gasteiger partial charge < -0.3 is 15.4 Å². The van der Waals surface area contributed by atoms with E-state index in [1.54, 1.807) is 4.68 Å². The highest BCUT2D eigenvalue weighted by molar-refractivity contribution is 6.31. The molecule has 0 aromatic carbocycles. The summed E-state index contributed by atoms with van der Waals surface area (Å²) >= 11 is 6.16. The van der Waals surface area contributed by atoms with Crippen LogP contribution in [-0.2, 0) is 4.74 Å². The lowest BCUT2D eigenvalue weighted by molar-refractivity contribution is 0.122. The molecule has 0 unspecified atom stereocenters. The monoisotopic (exact) mass is 309 g/mol. The highest BCUT2D eigenvalue weighted by Gasteiger charge is 2.18. The molecule has 0 saturated carbocycles. The van der Waals surface area contributed by atoms with Crippen LogP contribution in [0.3, 0.4) is 0 Å². The topological polar surface area (TPSA) is 95.0 Å². The standard InChI is InChI=1S/C12H16ClN7O/c1-7-9(13)8(2)20(18-7)12-16-10(14)15-11(17-12)19-3-5-21-6-4-19/h3-6H2,1-2H3,(H2,14,15,16,17). The lowest BCUT2D eigenvalue weighted by atomic mass is 10.4. The maximum Gasteiger partial charge on any atom is 0.257 e. The fraction of sp³-hybridized carbons (Fsp3) is 0.500. The van der Waals surface area contributed by atoms with Gasteiger partial charge in [-0.2, -0.15) is 20.1 Å². The van der Waals surface area contributed by atoms with E-state index in [4.69, 9.17) is 22.1 Å². The molecule has 2 aromatic rings. The first-order valence-electron chi connectivity index (χ1n) is 6.62. The number of halogens is 1. The van der Waals surface area contributed by atoms with Crippen LogP contribution in [0.25, 0.3) is 5.95 Å². The summed E-state index contributed by atoms with van der Waals surface area (Å²) in [7, 11) is 0. The lowest BCUT2D eigenvalue weighted by Gasteiger charge is -2.26. The molecule has 0 radical (unpaired) electrons. The van der Waals surface area contributed by atoms with Gasteiger partial charge in [-0.05, 0) is 13.8 Å². The van der Waals surface area contributed by atoms with Gasteiger partial charge in [-0.25, -0.2) is 4.68 Å². The maximum absolute atomic E-state index is 6.16. The van der Waals surface area contributed by atoms with E-state index < -0.39 is 0 Å². The van der Waals surface area contributed by atoms with Gasteiger partial charge in [0, 0.05) is 13.1 Å². The van der Waals surface area contributed by atoms with Crippen molar-refractivity contribution in [1.29, 1.82) is 0 Å². The van der Waals surface area contributed by atoms with Gasteiger partial charge in [0.2, 0.25) is 11.9 Å². The third kappa shape index (κ3) is 2.64. The number of aromatic nitrogens is 5.